The Hall–Kier alpha value is -2.48. The zero-order valence-corrected chi connectivity index (χ0v) is 14.3. The highest BCUT2D eigenvalue weighted by Gasteiger charge is 2.36. The second-order valence-electron chi connectivity index (χ2n) is 4.68. The van der Waals surface area contributed by atoms with Gasteiger partial charge in [0.15, 0.2) is 0 Å². The van der Waals surface area contributed by atoms with Crippen LogP contribution in [-0.4, -0.2) is 49.4 Å². The van der Waals surface area contributed by atoms with E-state index in [-0.39, 0.29) is 11.5 Å². The Balaban J connectivity index is 2.24. The van der Waals surface area contributed by atoms with Crippen molar-refractivity contribution < 1.29 is 28.6 Å². The second kappa shape index (κ2) is 7.87. The molecule has 0 atom stereocenters. The highest BCUT2D eigenvalue weighted by Crippen LogP contribution is 2.34. The first-order chi connectivity index (χ1) is 11.5. The predicted octanol–water partition coefficient (Wildman–Crippen LogP) is 2.30. The first kappa shape index (κ1) is 17.9. The minimum absolute atomic E-state index is 0.188. The molecule has 1 fully saturated rings. The average molecular weight is 351 g/mol. The van der Waals surface area contributed by atoms with E-state index in [9.17, 15) is 14.4 Å². The van der Waals surface area contributed by atoms with Crippen LogP contribution in [0.3, 0.4) is 0 Å². The van der Waals surface area contributed by atoms with Gasteiger partial charge in [0.2, 0.25) is 0 Å². The number of methoxy groups -OCH3 is 2. The van der Waals surface area contributed by atoms with Crippen molar-refractivity contribution >= 4 is 35.0 Å². The highest BCUT2D eigenvalue weighted by atomic mass is 32.2. The lowest BCUT2D eigenvalue weighted by Gasteiger charge is -2.11. The summed E-state index contributed by atoms with van der Waals surface area (Å²) in [5.74, 6) is -0.0371. The highest BCUT2D eigenvalue weighted by molar-refractivity contribution is 8.18. The number of esters is 1. The summed E-state index contributed by atoms with van der Waals surface area (Å²) in [5, 5.41) is -0.508. The van der Waals surface area contributed by atoms with Gasteiger partial charge in [-0.25, -0.2) is 0 Å². The summed E-state index contributed by atoms with van der Waals surface area (Å²) in [6, 6.07) is 5.11. The Morgan fingerprint density at radius 3 is 2.62 bits per heavy atom. The Bertz CT molecular complexity index is 700. The maximum atomic E-state index is 12.3. The Kier molecular flexibility index (Phi) is 5.86. The third-order valence-corrected chi connectivity index (χ3v) is 4.10. The van der Waals surface area contributed by atoms with Crippen LogP contribution < -0.4 is 9.47 Å². The number of ether oxygens (including phenoxy) is 3. The number of hydrogen-bond donors (Lipinski definition) is 0. The van der Waals surface area contributed by atoms with Crippen molar-refractivity contribution in [1.82, 2.24) is 4.90 Å². The summed E-state index contributed by atoms with van der Waals surface area (Å²) >= 11 is 0.770. The largest absolute Gasteiger partial charge is 0.497 e. The molecule has 0 aliphatic carbocycles. The topological polar surface area (TPSA) is 82.1 Å². The normalized spacial score (nSPS) is 15.8. The molecule has 0 bridgehead atoms. The molecule has 1 aromatic carbocycles. The van der Waals surface area contributed by atoms with Crippen LogP contribution in [0.1, 0.15) is 12.5 Å². The van der Waals surface area contributed by atoms with Crippen LogP contribution in [-0.2, 0) is 14.3 Å². The van der Waals surface area contributed by atoms with E-state index in [4.69, 9.17) is 14.2 Å². The van der Waals surface area contributed by atoms with Crippen molar-refractivity contribution in [3.8, 4) is 11.5 Å². The first-order valence-corrected chi connectivity index (χ1v) is 7.94. The number of rotatable bonds is 6. The molecule has 7 nitrogen and oxygen atoms in total. The fourth-order valence-corrected chi connectivity index (χ4v) is 2.88. The predicted molar refractivity (Wildman–Crippen MR) is 88.9 cm³/mol. The number of benzene rings is 1. The lowest BCUT2D eigenvalue weighted by atomic mass is 10.1. The second-order valence-corrected chi connectivity index (χ2v) is 5.67. The Morgan fingerprint density at radius 2 is 2.00 bits per heavy atom. The summed E-state index contributed by atoms with van der Waals surface area (Å²) in [6.45, 7) is 1.45. The first-order valence-electron chi connectivity index (χ1n) is 7.13. The number of nitrogens with zero attached hydrogens (tertiary/aromatic N) is 1. The quantitative estimate of drug-likeness (QED) is 0.574. The maximum Gasteiger partial charge on any atom is 0.326 e. The summed E-state index contributed by atoms with van der Waals surface area (Å²) in [6.07, 6.45) is 1.55. The molecule has 2 rings (SSSR count). The summed E-state index contributed by atoms with van der Waals surface area (Å²) in [7, 11) is 3.04. The van der Waals surface area contributed by atoms with E-state index in [1.807, 2.05) is 0 Å². The van der Waals surface area contributed by atoms with Gasteiger partial charge in [-0.15, -0.1) is 0 Å². The molecule has 1 heterocycles. The molecule has 8 heteroatoms. The molecule has 0 spiro atoms. The lowest BCUT2D eigenvalue weighted by molar-refractivity contribution is -0.145. The van der Waals surface area contributed by atoms with Gasteiger partial charge in [0.25, 0.3) is 11.1 Å². The zero-order valence-electron chi connectivity index (χ0n) is 13.5. The number of hydrogen-bond acceptors (Lipinski definition) is 7. The van der Waals surface area contributed by atoms with Crippen molar-refractivity contribution in [2.75, 3.05) is 27.4 Å². The number of carbonyl (C=O) groups excluding carboxylic acids is 3. The summed E-state index contributed by atoms with van der Waals surface area (Å²) < 4.78 is 15.2. The van der Waals surface area contributed by atoms with Crippen LogP contribution in [0, 0.1) is 0 Å². The van der Waals surface area contributed by atoms with E-state index in [1.54, 1.807) is 31.2 Å². The van der Waals surface area contributed by atoms with Gasteiger partial charge in [-0.3, -0.25) is 19.3 Å². The third kappa shape index (κ3) is 3.88. The molecule has 1 aromatic rings. The number of thioether (sulfide) groups is 1. The monoisotopic (exact) mass is 351 g/mol. The molecule has 0 aromatic heterocycles. The molecule has 24 heavy (non-hydrogen) atoms. The van der Waals surface area contributed by atoms with Crippen LogP contribution in [0.25, 0.3) is 6.08 Å². The van der Waals surface area contributed by atoms with Gasteiger partial charge >= 0.3 is 5.97 Å². The molecule has 0 N–H and O–H groups in total. The van der Waals surface area contributed by atoms with E-state index in [0.717, 1.165) is 16.7 Å². The van der Waals surface area contributed by atoms with Crippen LogP contribution >= 0.6 is 11.8 Å². The number of imide groups is 1. The minimum atomic E-state index is -0.622. The molecule has 1 aliphatic rings. The van der Waals surface area contributed by atoms with Crippen LogP contribution in [0.2, 0.25) is 0 Å². The van der Waals surface area contributed by atoms with Gasteiger partial charge in [0.1, 0.15) is 18.0 Å². The van der Waals surface area contributed by atoms with E-state index in [2.05, 4.69) is 0 Å². The molecule has 128 valence electrons. The van der Waals surface area contributed by atoms with Crippen molar-refractivity contribution in [2.24, 2.45) is 0 Å². The van der Waals surface area contributed by atoms with Gasteiger partial charge in [0.05, 0.1) is 25.7 Å². The molecule has 1 aliphatic heterocycles. The van der Waals surface area contributed by atoms with Crippen LogP contribution in [0.5, 0.6) is 11.5 Å². The Labute approximate surface area is 143 Å². The molecular formula is C16H17NO6S. The smallest absolute Gasteiger partial charge is 0.326 e. The minimum Gasteiger partial charge on any atom is -0.497 e. The number of amides is 2. The standard InChI is InChI=1S/C16H17NO6S/c1-4-23-14(18)9-17-15(19)13(24-16(17)20)7-10-5-6-11(21-2)8-12(10)22-3/h5-8H,4,9H2,1-3H3. The molecule has 0 saturated carbocycles. The molecule has 0 unspecified atom stereocenters. The van der Waals surface area contributed by atoms with Crippen LogP contribution in [0.4, 0.5) is 4.79 Å². The van der Waals surface area contributed by atoms with Gasteiger partial charge in [-0.2, -0.15) is 0 Å². The number of carbonyl (C=O) groups is 3. The van der Waals surface area contributed by atoms with Gasteiger partial charge in [-0.1, -0.05) is 0 Å². The molecule has 2 amide bonds. The van der Waals surface area contributed by atoms with Gasteiger partial charge in [-0.05, 0) is 36.9 Å². The molecular weight excluding hydrogens is 334 g/mol. The summed E-state index contributed by atoms with van der Waals surface area (Å²) in [5.41, 5.74) is 0.625. The Morgan fingerprint density at radius 1 is 1.25 bits per heavy atom. The van der Waals surface area contributed by atoms with E-state index < -0.39 is 23.7 Å². The van der Waals surface area contributed by atoms with Crippen molar-refractivity contribution in [2.45, 2.75) is 6.92 Å². The summed E-state index contributed by atoms with van der Waals surface area (Å²) in [4.78, 5) is 36.8. The lowest BCUT2D eigenvalue weighted by Crippen LogP contribution is -2.34. The zero-order chi connectivity index (χ0) is 17.7. The fraction of sp³-hybridized carbons (Fsp3) is 0.312. The van der Waals surface area contributed by atoms with Crippen molar-refractivity contribution in [3.05, 3.63) is 28.7 Å². The van der Waals surface area contributed by atoms with E-state index >= 15 is 0 Å². The molecule has 0 radical (unpaired) electrons. The fourth-order valence-electron chi connectivity index (χ4n) is 2.05. The molecule has 1 saturated heterocycles. The van der Waals surface area contributed by atoms with Crippen LogP contribution in [0.15, 0.2) is 23.1 Å². The third-order valence-electron chi connectivity index (χ3n) is 3.19. The van der Waals surface area contributed by atoms with Gasteiger partial charge < -0.3 is 14.2 Å². The SMILES string of the molecule is CCOC(=O)CN1C(=O)SC(=Cc2ccc(OC)cc2OC)C1=O. The van der Waals surface area contributed by atoms with E-state index in [0.29, 0.717) is 17.1 Å². The maximum absolute atomic E-state index is 12.3. The van der Waals surface area contributed by atoms with Gasteiger partial charge in [0, 0.05) is 11.6 Å². The van der Waals surface area contributed by atoms with E-state index in [1.165, 1.54) is 14.2 Å². The van der Waals surface area contributed by atoms with Crippen molar-refractivity contribution in [3.63, 3.8) is 0 Å². The average Bonchev–Trinajstić information content (AvgIpc) is 2.83. The van der Waals surface area contributed by atoms with Crippen molar-refractivity contribution in [1.29, 1.82) is 0 Å².